The SMILES string of the molecule is CC[C@H]1CN(c2ccc(C(=O)NN)nc2C)CCN1C1CCN(C(=O)c2ccc(Cl)cc2)CC1.CC[C@H]1CN(c2ccc(C(=O)OC)nc2C)CCN1C1CCN(C(=O)c2ccc(Cl)cc2)CC1. The molecule has 6 heterocycles. The van der Waals surface area contributed by atoms with E-state index in [2.05, 4.69) is 48.8 Å². The number of aromatic nitrogens is 2. The minimum atomic E-state index is -0.410. The number of aryl methyl sites for hydroxylation is 2. The van der Waals surface area contributed by atoms with Crippen molar-refractivity contribution in [2.45, 2.75) is 90.4 Å². The number of halogens is 2. The summed E-state index contributed by atoms with van der Waals surface area (Å²) in [5.74, 6) is 4.62. The standard InChI is InChI=1S/C26H33ClN4O3.C25H33ClN6O2/c1-4-21-17-30(24-10-9-23(26(33)34-3)28-18(24)2)15-16-31(21)22-11-13-29(14-12-22)25(32)19-5-7-20(27)8-6-19;1-3-20-16-31(23-9-8-22(24(33)29-27)28-17(23)2)14-15-32(20)21-10-12-30(13-11-21)25(34)18-4-6-19(26)7-5-18/h5-10,21-22H,4,11-17H2,1-3H3;4-9,20-21H,3,10-16,27H2,1-2H3,(H,29,33)/t21-;20-/m00/s1. The van der Waals surface area contributed by atoms with E-state index >= 15 is 0 Å². The minimum absolute atomic E-state index is 0.0849. The van der Waals surface area contributed by atoms with E-state index in [-0.39, 0.29) is 17.7 Å². The second-order valence-corrected chi connectivity index (χ2v) is 19.0. The molecular weight excluding hydrogens is 904 g/mol. The monoisotopic (exact) mass is 968 g/mol. The number of carbonyl (C=O) groups is 4. The molecule has 3 N–H and O–H groups in total. The number of nitrogens with two attached hydrogens (primary N) is 1. The number of piperidine rings is 2. The highest BCUT2D eigenvalue weighted by Crippen LogP contribution is 2.30. The maximum Gasteiger partial charge on any atom is 0.356 e. The van der Waals surface area contributed by atoms with Gasteiger partial charge < -0.3 is 24.3 Å². The molecule has 15 nitrogen and oxygen atoms in total. The number of carbonyl (C=O) groups excluding carboxylic acids is 4. The Hall–Kier alpha value is -5.32. The van der Waals surface area contributed by atoms with Crippen LogP contribution in [0.15, 0.2) is 72.8 Å². The van der Waals surface area contributed by atoms with Crippen molar-refractivity contribution in [1.29, 1.82) is 0 Å². The van der Waals surface area contributed by atoms with Gasteiger partial charge in [0.05, 0.1) is 29.9 Å². The van der Waals surface area contributed by atoms with E-state index in [1.165, 1.54) is 7.11 Å². The van der Waals surface area contributed by atoms with Crippen LogP contribution in [0.1, 0.15) is 105 Å². The molecule has 4 aliphatic heterocycles. The van der Waals surface area contributed by atoms with E-state index in [9.17, 15) is 19.2 Å². The van der Waals surface area contributed by atoms with Crippen LogP contribution >= 0.6 is 23.2 Å². The van der Waals surface area contributed by atoms with Gasteiger partial charge in [-0.05, 0) is 125 Å². The molecule has 17 heteroatoms. The summed E-state index contributed by atoms with van der Waals surface area (Å²) >= 11 is 11.9. The van der Waals surface area contributed by atoms with Gasteiger partial charge in [-0.2, -0.15) is 0 Å². The summed E-state index contributed by atoms with van der Waals surface area (Å²) in [5.41, 5.74) is 8.02. The van der Waals surface area contributed by atoms with E-state index in [1.807, 2.05) is 35.8 Å². The van der Waals surface area contributed by atoms with Crippen LogP contribution < -0.4 is 21.1 Å². The largest absolute Gasteiger partial charge is 0.464 e. The molecule has 3 amide bonds. The van der Waals surface area contributed by atoms with E-state index in [0.29, 0.717) is 56.7 Å². The predicted molar refractivity (Wildman–Crippen MR) is 268 cm³/mol. The average molecular weight is 970 g/mol. The molecule has 2 aromatic heterocycles. The number of ether oxygens (including phenoxy) is 1. The fraction of sp³-hybridized carbons (Fsp3) is 0.490. The van der Waals surface area contributed by atoms with Gasteiger partial charge in [0.2, 0.25) is 0 Å². The van der Waals surface area contributed by atoms with Crippen LogP contribution in [0.2, 0.25) is 10.0 Å². The quantitative estimate of drug-likeness (QED) is 0.0735. The molecule has 0 spiro atoms. The molecule has 364 valence electrons. The highest BCUT2D eigenvalue weighted by molar-refractivity contribution is 6.31. The molecule has 2 aromatic carbocycles. The highest BCUT2D eigenvalue weighted by Gasteiger charge is 2.36. The molecule has 2 atom stereocenters. The second-order valence-electron chi connectivity index (χ2n) is 18.1. The predicted octanol–water partition coefficient (Wildman–Crippen LogP) is 6.89. The Kier molecular flexibility index (Phi) is 17.3. The van der Waals surface area contributed by atoms with Crippen LogP contribution in [-0.2, 0) is 4.74 Å². The van der Waals surface area contributed by atoms with Crippen molar-refractivity contribution in [2.75, 3.05) is 82.4 Å². The number of hydrogen-bond acceptors (Lipinski definition) is 12. The average Bonchev–Trinajstić information content (AvgIpc) is 3.38. The third-order valence-corrected chi connectivity index (χ3v) is 14.7. The summed E-state index contributed by atoms with van der Waals surface area (Å²) in [6.45, 7) is 17.1. The van der Waals surface area contributed by atoms with E-state index in [1.54, 1.807) is 60.7 Å². The molecule has 8 rings (SSSR count). The molecule has 68 heavy (non-hydrogen) atoms. The number of amides is 3. The second kappa shape index (κ2) is 23.3. The summed E-state index contributed by atoms with van der Waals surface area (Å²) in [4.78, 5) is 72.2. The number of hydrogen-bond donors (Lipinski definition) is 2. The third-order valence-electron chi connectivity index (χ3n) is 14.2. The zero-order valence-electron chi connectivity index (χ0n) is 40.0. The number of piperazine rings is 2. The van der Waals surface area contributed by atoms with Gasteiger partial charge in [0.1, 0.15) is 11.4 Å². The number of rotatable bonds is 10. The van der Waals surface area contributed by atoms with E-state index < -0.39 is 5.97 Å². The maximum absolute atomic E-state index is 12.9. The van der Waals surface area contributed by atoms with Crippen molar-refractivity contribution in [3.05, 3.63) is 117 Å². The van der Waals surface area contributed by atoms with Crippen molar-refractivity contribution < 1.29 is 23.9 Å². The fourth-order valence-corrected chi connectivity index (χ4v) is 10.7. The smallest absolute Gasteiger partial charge is 0.356 e. The Balaban J connectivity index is 0.000000201. The van der Waals surface area contributed by atoms with Gasteiger partial charge in [-0.3, -0.25) is 29.6 Å². The van der Waals surface area contributed by atoms with Gasteiger partial charge in [0.15, 0.2) is 0 Å². The zero-order valence-corrected chi connectivity index (χ0v) is 41.5. The Bertz CT molecular complexity index is 2210. The number of pyridine rings is 2. The van der Waals surface area contributed by atoms with Gasteiger partial charge in [0.25, 0.3) is 17.7 Å². The van der Waals surface area contributed by atoms with Crippen LogP contribution in [0.25, 0.3) is 0 Å². The van der Waals surface area contributed by atoms with Gasteiger partial charge in [-0.1, -0.05) is 37.0 Å². The number of benzene rings is 2. The summed E-state index contributed by atoms with van der Waals surface area (Å²) in [7, 11) is 1.37. The number of esters is 1. The van der Waals surface area contributed by atoms with Crippen LogP contribution in [-0.4, -0.2) is 150 Å². The fourth-order valence-electron chi connectivity index (χ4n) is 10.4. The Labute approximate surface area is 410 Å². The molecule has 4 aromatic rings. The van der Waals surface area contributed by atoms with Crippen molar-refractivity contribution in [1.82, 2.24) is 35.0 Å². The Morgan fingerprint density at radius 1 is 0.603 bits per heavy atom. The minimum Gasteiger partial charge on any atom is -0.464 e. The first-order valence-corrected chi connectivity index (χ1v) is 24.7. The first kappa shape index (κ1) is 50.6. The number of hydrazine groups is 1. The van der Waals surface area contributed by atoms with Crippen LogP contribution in [0, 0.1) is 13.8 Å². The molecule has 0 radical (unpaired) electrons. The van der Waals surface area contributed by atoms with Gasteiger partial charge >= 0.3 is 5.97 Å². The van der Waals surface area contributed by atoms with E-state index in [4.69, 9.17) is 33.8 Å². The lowest BCUT2D eigenvalue weighted by molar-refractivity contribution is 0.0486. The highest BCUT2D eigenvalue weighted by atomic mass is 35.5. The van der Waals surface area contributed by atoms with Gasteiger partial charge in [-0.15, -0.1) is 0 Å². The van der Waals surface area contributed by atoms with Gasteiger partial charge in [0, 0.05) is 111 Å². The van der Waals surface area contributed by atoms with Crippen molar-refractivity contribution in [3.8, 4) is 0 Å². The summed E-state index contributed by atoms with van der Waals surface area (Å²) < 4.78 is 4.79. The normalized spacial score (nSPS) is 19.8. The van der Waals surface area contributed by atoms with Crippen molar-refractivity contribution in [3.63, 3.8) is 0 Å². The topological polar surface area (TPSA) is 161 Å². The number of nitrogen functional groups attached to an aromatic ring is 1. The lowest BCUT2D eigenvalue weighted by atomic mass is 9.97. The number of anilines is 2. The summed E-state index contributed by atoms with van der Waals surface area (Å²) in [6.07, 6.45) is 6.07. The Morgan fingerprint density at radius 3 is 1.37 bits per heavy atom. The first-order valence-electron chi connectivity index (χ1n) is 24.0. The molecule has 4 aliphatic rings. The van der Waals surface area contributed by atoms with Gasteiger partial charge in [-0.25, -0.2) is 20.6 Å². The Morgan fingerprint density at radius 2 is 1.00 bits per heavy atom. The maximum atomic E-state index is 12.9. The molecule has 0 bridgehead atoms. The summed E-state index contributed by atoms with van der Waals surface area (Å²) in [6, 6.07) is 23.6. The molecule has 0 unspecified atom stereocenters. The number of nitrogens with one attached hydrogen (secondary N) is 1. The number of likely N-dealkylation sites (tertiary alicyclic amines) is 2. The van der Waals surface area contributed by atoms with E-state index in [0.717, 1.165) is 127 Å². The third kappa shape index (κ3) is 11.9. The lowest BCUT2D eigenvalue weighted by Gasteiger charge is -2.48. The molecular formula is C51H66Cl2N10O5. The van der Waals surface area contributed by atoms with Crippen molar-refractivity contribution in [2.24, 2.45) is 5.84 Å². The number of nitrogens with zero attached hydrogens (tertiary/aromatic N) is 8. The zero-order chi connectivity index (χ0) is 48.5. The lowest BCUT2D eigenvalue weighted by Crippen LogP contribution is -2.58. The molecule has 0 saturated carbocycles. The van der Waals surface area contributed by atoms with Crippen LogP contribution in [0.5, 0.6) is 0 Å². The molecule has 0 aliphatic carbocycles. The number of methoxy groups -OCH3 is 1. The first-order chi connectivity index (χ1) is 32.8. The van der Waals surface area contributed by atoms with Crippen LogP contribution in [0.4, 0.5) is 11.4 Å². The molecule has 4 fully saturated rings. The van der Waals surface area contributed by atoms with Crippen LogP contribution in [0.3, 0.4) is 0 Å². The molecule has 4 saturated heterocycles. The summed E-state index contributed by atoms with van der Waals surface area (Å²) in [5, 5.41) is 1.29. The van der Waals surface area contributed by atoms with Crippen molar-refractivity contribution >= 4 is 58.3 Å².